The van der Waals surface area contributed by atoms with Gasteiger partial charge in [0.15, 0.2) is 0 Å². The largest absolute Gasteiger partial charge is 0.368 e. The predicted molar refractivity (Wildman–Crippen MR) is 77.4 cm³/mol. The lowest BCUT2D eigenvalue weighted by molar-refractivity contribution is 0.701. The third-order valence-electron chi connectivity index (χ3n) is 3.42. The van der Waals surface area contributed by atoms with E-state index in [2.05, 4.69) is 43.1 Å². The smallest absolute Gasteiger partial charge is 0.0537 e. The van der Waals surface area contributed by atoms with Gasteiger partial charge in [-0.05, 0) is 38.1 Å². The summed E-state index contributed by atoms with van der Waals surface area (Å²) < 4.78 is 0. The van der Waals surface area contributed by atoms with Crippen molar-refractivity contribution in [3.8, 4) is 0 Å². The van der Waals surface area contributed by atoms with Crippen molar-refractivity contribution < 1.29 is 0 Å². The molecule has 94 valence electrons. The first-order valence-corrected chi connectivity index (χ1v) is 7.18. The molecular formula is C14H22N2S. The SMILES string of the molecule is CNCCN1CC(C)Sc2ccc(C)c(C)c21. The first-order chi connectivity index (χ1) is 8.13. The Morgan fingerprint density at radius 1 is 1.41 bits per heavy atom. The van der Waals surface area contributed by atoms with Crippen LogP contribution in [0.15, 0.2) is 17.0 Å². The molecule has 1 unspecified atom stereocenters. The summed E-state index contributed by atoms with van der Waals surface area (Å²) in [5, 5.41) is 3.93. The van der Waals surface area contributed by atoms with Crippen LogP contribution >= 0.6 is 11.8 Å². The topological polar surface area (TPSA) is 15.3 Å². The van der Waals surface area contributed by atoms with Crippen molar-refractivity contribution in [2.75, 3.05) is 31.6 Å². The molecule has 2 rings (SSSR count). The maximum absolute atomic E-state index is 3.25. The van der Waals surface area contributed by atoms with Crippen LogP contribution in [0.3, 0.4) is 0 Å². The van der Waals surface area contributed by atoms with Gasteiger partial charge in [-0.3, -0.25) is 0 Å². The first kappa shape index (κ1) is 12.8. The number of fused-ring (bicyclic) bond motifs is 1. The lowest BCUT2D eigenvalue weighted by atomic mass is 10.1. The van der Waals surface area contributed by atoms with Crippen molar-refractivity contribution in [2.45, 2.75) is 30.9 Å². The zero-order chi connectivity index (χ0) is 12.4. The fraction of sp³-hybridized carbons (Fsp3) is 0.571. The standard InChI is InChI=1S/C14H22N2S/c1-10-5-6-13-14(12(10)3)16(8-7-15-4)9-11(2)17-13/h5-6,11,15H,7-9H2,1-4H3. The van der Waals surface area contributed by atoms with E-state index in [0.29, 0.717) is 5.25 Å². The number of anilines is 1. The Hall–Kier alpha value is -0.670. The van der Waals surface area contributed by atoms with Crippen LogP contribution in [0.4, 0.5) is 5.69 Å². The minimum absolute atomic E-state index is 0.682. The van der Waals surface area contributed by atoms with E-state index in [1.54, 1.807) is 0 Å². The Kier molecular flexibility index (Phi) is 4.00. The molecule has 3 heteroatoms. The number of hydrogen-bond acceptors (Lipinski definition) is 3. The fourth-order valence-electron chi connectivity index (χ4n) is 2.37. The highest BCUT2D eigenvalue weighted by molar-refractivity contribution is 8.00. The van der Waals surface area contributed by atoms with Crippen molar-refractivity contribution in [3.05, 3.63) is 23.3 Å². The van der Waals surface area contributed by atoms with Gasteiger partial charge < -0.3 is 10.2 Å². The van der Waals surface area contributed by atoms with Crippen molar-refractivity contribution in [1.82, 2.24) is 5.32 Å². The van der Waals surface area contributed by atoms with Gasteiger partial charge in [0.2, 0.25) is 0 Å². The molecule has 0 saturated heterocycles. The van der Waals surface area contributed by atoms with Crippen LogP contribution in [0.5, 0.6) is 0 Å². The van der Waals surface area contributed by atoms with Crippen molar-refractivity contribution >= 4 is 17.4 Å². The number of aryl methyl sites for hydroxylation is 1. The normalized spacial score (nSPS) is 19.3. The number of likely N-dealkylation sites (N-methyl/N-ethyl adjacent to an activating group) is 1. The highest BCUT2D eigenvalue weighted by atomic mass is 32.2. The van der Waals surface area contributed by atoms with Crippen LogP contribution in [0.2, 0.25) is 0 Å². The van der Waals surface area contributed by atoms with Crippen LogP contribution < -0.4 is 10.2 Å². The lowest BCUT2D eigenvalue weighted by Crippen LogP contribution is -2.38. The third kappa shape index (κ3) is 2.61. The molecule has 0 fully saturated rings. The van der Waals surface area contributed by atoms with Crippen LogP contribution in [0, 0.1) is 13.8 Å². The minimum atomic E-state index is 0.682. The molecule has 0 amide bonds. The van der Waals surface area contributed by atoms with Gasteiger partial charge in [-0.1, -0.05) is 13.0 Å². The Bertz CT molecular complexity index is 403. The summed E-state index contributed by atoms with van der Waals surface area (Å²) in [5.41, 5.74) is 4.30. The van der Waals surface area contributed by atoms with Crippen LogP contribution in [0.25, 0.3) is 0 Å². The quantitative estimate of drug-likeness (QED) is 0.888. The van der Waals surface area contributed by atoms with E-state index in [9.17, 15) is 0 Å². The zero-order valence-electron chi connectivity index (χ0n) is 11.2. The highest BCUT2D eigenvalue weighted by Gasteiger charge is 2.23. The van der Waals surface area contributed by atoms with Crippen LogP contribution in [-0.4, -0.2) is 31.9 Å². The summed E-state index contributed by atoms with van der Waals surface area (Å²) in [6.45, 7) is 10.1. The van der Waals surface area contributed by atoms with E-state index in [0.717, 1.165) is 19.6 Å². The van der Waals surface area contributed by atoms with Gasteiger partial charge in [-0.2, -0.15) is 0 Å². The number of nitrogens with one attached hydrogen (secondary N) is 1. The molecule has 0 spiro atoms. The molecule has 1 aliphatic heterocycles. The third-order valence-corrected chi connectivity index (χ3v) is 4.55. The minimum Gasteiger partial charge on any atom is -0.368 e. The Balaban J connectivity index is 2.35. The van der Waals surface area contributed by atoms with Gasteiger partial charge in [-0.25, -0.2) is 0 Å². The van der Waals surface area contributed by atoms with Gasteiger partial charge >= 0.3 is 0 Å². The molecule has 1 heterocycles. The fourth-order valence-corrected chi connectivity index (χ4v) is 3.60. The summed E-state index contributed by atoms with van der Waals surface area (Å²) in [4.78, 5) is 3.98. The van der Waals surface area contributed by atoms with E-state index < -0.39 is 0 Å². The van der Waals surface area contributed by atoms with Crippen LogP contribution in [0.1, 0.15) is 18.1 Å². The van der Waals surface area contributed by atoms with E-state index in [-0.39, 0.29) is 0 Å². The molecule has 0 radical (unpaired) electrons. The van der Waals surface area contributed by atoms with Crippen molar-refractivity contribution in [3.63, 3.8) is 0 Å². The summed E-state index contributed by atoms with van der Waals surface area (Å²) >= 11 is 2.01. The maximum atomic E-state index is 3.25. The number of benzene rings is 1. The molecule has 17 heavy (non-hydrogen) atoms. The van der Waals surface area contributed by atoms with Gasteiger partial charge in [0, 0.05) is 29.8 Å². The molecular weight excluding hydrogens is 228 g/mol. The van der Waals surface area contributed by atoms with Crippen molar-refractivity contribution in [1.29, 1.82) is 0 Å². The molecule has 1 aromatic carbocycles. The number of nitrogens with zero attached hydrogens (tertiary/aromatic N) is 1. The van der Waals surface area contributed by atoms with E-state index in [4.69, 9.17) is 0 Å². The molecule has 1 N–H and O–H groups in total. The van der Waals surface area contributed by atoms with Gasteiger partial charge in [0.25, 0.3) is 0 Å². The van der Waals surface area contributed by atoms with Crippen LogP contribution in [-0.2, 0) is 0 Å². The molecule has 1 aromatic rings. The molecule has 0 bridgehead atoms. The summed E-state index contributed by atoms with van der Waals surface area (Å²) in [6, 6.07) is 4.53. The second kappa shape index (κ2) is 5.32. The Morgan fingerprint density at radius 3 is 2.88 bits per heavy atom. The average Bonchev–Trinajstić information content (AvgIpc) is 2.30. The number of thioether (sulfide) groups is 1. The van der Waals surface area contributed by atoms with Gasteiger partial charge in [0.1, 0.15) is 0 Å². The highest BCUT2D eigenvalue weighted by Crippen LogP contribution is 2.41. The molecule has 0 aliphatic carbocycles. The van der Waals surface area contributed by atoms with Gasteiger partial charge in [0.05, 0.1) is 5.69 Å². The number of rotatable bonds is 3. The van der Waals surface area contributed by atoms with E-state index in [1.807, 2.05) is 18.8 Å². The van der Waals surface area contributed by atoms with Crippen molar-refractivity contribution in [2.24, 2.45) is 0 Å². The summed E-state index contributed by atoms with van der Waals surface area (Å²) in [7, 11) is 2.02. The Labute approximate surface area is 109 Å². The molecule has 0 aromatic heterocycles. The molecule has 2 nitrogen and oxygen atoms in total. The molecule has 1 atom stereocenters. The predicted octanol–water partition coefficient (Wildman–Crippen LogP) is 2.82. The second-order valence-corrected chi connectivity index (χ2v) is 6.31. The summed E-state index contributed by atoms with van der Waals surface area (Å²) in [5.74, 6) is 0. The zero-order valence-corrected chi connectivity index (χ0v) is 12.0. The molecule has 0 saturated carbocycles. The lowest BCUT2D eigenvalue weighted by Gasteiger charge is -2.36. The van der Waals surface area contributed by atoms with E-state index in [1.165, 1.54) is 21.7 Å². The Morgan fingerprint density at radius 2 is 2.18 bits per heavy atom. The maximum Gasteiger partial charge on any atom is 0.0537 e. The first-order valence-electron chi connectivity index (χ1n) is 6.30. The average molecular weight is 250 g/mol. The number of hydrogen-bond donors (Lipinski definition) is 1. The van der Waals surface area contributed by atoms with Gasteiger partial charge in [-0.15, -0.1) is 11.8 Å². The molecule has 1 aliphatic rings. The second-order valence-electron chi connectivity index (χ2n) is 4.83. The summed E-state index contributed by atoms with van der Waals surface area (Å²) in [6.07, 6.45) is 0. The van der Waals surface area contributed by atoms with E-state index >= 15 is 0 Å². The monoisotopic (exact) mass is 250 g/mol.